The largest absolute Gasteiger partial charge is 0.381 e. The molecule has 1 aromatic carbocycles. The fraction of sp³-hybridized carbons (Fsp3) is 0.474. The number of aryl methyl sites for hydroxylation is 1. The van der Waals surface area contributed by atoms with Gasteiger partial charge >= 0.3 is 6.03 Å². The Morgan fingerprint density at radius 1 is 1.41 bits per heavy atom. The zero-order valence-corrected chi connectivity index (χ0v) is 16.3. The number of carbonyl (C=O) groups excluding carboxylic acids is 1. The Bertz CT molecular complexity index is 790. The minimum absolute atomic E-state index is 0.213. The van der Waals surface area contributed by atoms with E-state index in [-0.39, 0.29) is 17.4 Å². The van der Waals surface area contributed by atoms with Crippen molar-refractivity contribution in [3.05, 3.63) is 46.2 Å². The third-order valence-electron chi connectivity index (χ3n) is 4.80. The second-order valence-corrected chi connectivity index (χ2v) is 7.81. The normalized spacial score (nSPS) is 16.1. The Balaban J connectivity index is 1.52. The van der Waals surface area contributed by atoms with E-state index in [0.717, 1.165) is 23.3 Å². The average molecular weight is 393 g/mol. The van der Waals surface area contributed by atoms with E-state index in [1.807, 2.05) is 6.07 Å². The lowest BCUT2D eigenvalue weighted by molar-refractivity contribution is -0.0859. The molecule has 1 saturated heterocycles. The topological polar surface area (TPSA) is 72.5 Å². The minimum Gasteiger partial charge on any atom is -0.381 e. The van der Waals surface area contributed by atoms with Gasteiger partial charge in [0.2, 0.25) is 0 Å². The highest BCUT2D eigenvalue weighted by atomic mass is 32.1. The average Bonchev–Trinajstić information content (AvgIpc) is 3.10. The molecule has 2 amide bonds. The number of hydrogen-bond acceptors (Lipinski definition) is 5. The van der Waals surface area contributed by atoms with Crippen LogP contribution in [0.3, 0.4) is 0 Å². The number of nitrogens with one attached hydrogen (secondary N) is 2. The zero-order valence-electron chi connectivity index (χ0n) is 15.5. The molecule has 2 heterocycles. The van der Waals surface area contributed by atoms with E-state index in [1.54, 1.807) is 26.3 Å². The Morgan fingerprint density at radius 3 is 2.89 bits per heavy atom. The summed E-state index contributed by atoms with van der Waals surface area (Å²) in [5.41, 5.74) is 1.12. The molecular weight excluding hydrogens is 369 g/mol. The second kappa shape index (κ2) is 8.77. The quantitative estimate of drug-likeness (QED) is 0.788. The van der Waals surface area contributed by atoms with Crippen molar-refractivity contribution in [3.63, 3.8) is 0 Å². The number of hydrogen-bond donors (Lipinski definition) is 2. The summed E-state index contributed by atoms with van der Waals surface area (Å²) in [6.07, 6.45) is 3.77. The van der Waals surface area contributed by atoms with Crippen LogP contribution in [0.4, 0.5) is 14.3 Å². The number of thiazole rings is 1. The fourth-order valence-electron chi connectivity index (χ4n) is 2.97. The number of anilines is 1. The van der Waals surface area contributed by atoms with Gasteiger partial charge in [-0.05, 0) is 24.1 Å². The molecule has 1 aliphatic heterocycles. The first-order chi connectivity index (χ1) is 13.0. The van der Waals surface area contributed by atoms with Crippen LogP contribution in [0.5, 0.6) is 0 Å². The molecule has 0 atom stereocenters. The molecule has 0 bridgehead atoms. The van der Waals surface area contributed by atoms with Gasteiger partial charge in [0, 0.05) is 57.2 Å². The van der Waals surface area contributed by atoms with Crippen molar-refractivity contribution in [3.8, 4) is 0 Å². The molecular formula is C19H24FN3O3S. The van der Waals surface area contributed by atoms with Crippen LogP contribution in [0.1, 0.15) is 28.8 Å². The molecule has 1 aromatic heterocycles. The van der Waals surface area contributed by atoms with Gasteiger partial charge in [-0.15, -0.1) is 11.3 Å². The molecule has 3 rings (SSSR count). The van der Waals surface area contributed by atoms with E-state index in [0.29, 0.717) is 36.9 Å². The molecule has 0 unspecified atom stereocenters. The molecule has 2 aromatic rings. The number of halogens is 1. The number of urea groups is 1. The molecule has 8 heteroatoms. The number of benzene rings is 1. The highest BCUT2D eigenvalue weighted by Gasteiger charge is 2.32. The molecule has 27 heavy (non-hydrogen) atoms. The first kappa shape index (κ1) is 19.7. The maximum absolute atomic E-state index is 13.7. The molecule has 1 aliphatic rings. The van der Waals surface area contributed by atoms with E-state index < -0.39 is 0 Å². The number of amides is 2. The highest BCUT2D eigenvalue weighted by molar-refractivity contribution is 7.15. The lowest BCUT2D eigenvalue weighted by atomic mass is 9.94. The third kappa shape index (κ3) is 5.24. The van der Waals surface area contributed by atoms with Crippen molar-refractivity contribution >= 4 is 22.5 Å². The van der Waals surface area contributed by atoms with Gasteiger partial charge in [0.1, 0.15) is 5.82 Å². The van der Waals surface area contributed by atoms with Crippen molar-refractivity contribution in [2.24, 2.45) is 0 Å². The molecule has 0 aliphatic carbocycles. The Kier molecular flexibility index (Phi) is 6.41. The van der Waals surface area contributed by atoms with Crippen LogP contribution in [0, 0.1) is 12.7 Å². The summed E-state index contributed by atoms with van der Waals surface area (Å²) in [6.45, 7) is 3.42. The summed E-state index contributed by atoms with van der Waals surface area (Å²) >= 11 is 1.38. The number of ether oxygens (including phenoxy) is 2. The summed E-state index contributed by atoms with van der Waals surface area (Å²) in [5, 5.41) is 6.11. The van der Waals surface area contributed by atoms with Gasteiger partial charge in [0.15, 0.2) is 5.13 Å². The van der Waals surface area contributed by atoms with Gasteiger partial charge < -0.3 is 14.8 Å². The fourth-order valence-corrected chi connectivity index (χ4v) is 3.82. The predicted octanol–water partition coefficient (Wildman–Crippen LogP) is 3.50. The van der Waals surface area contributed by atoms with Crippen LogP contribution in [0.25, 0.3) is 0 Å². The van der Waals surface area contributed by atoms with Crippen LogP contribution in [0.15, 0.2) is 24.4 Å². The summed E-state index contributed by atoms with van der Waals surface area (Å²) in [5.74, 6) is -0.213. The predicted molar refractivity (Wildman–Crippen MR) is 103 cm³/mol. The summed E-state index contributed by atoms with van der Waals surface area (Å²) in [4.78, 5) is 17.3. The highest BCUT2D eigenvalue weighted by Crippen LogP contribution is 2.24. The van der Waals surface area contributed by atoms with Crippen molar-refractivity contribution in [2.75, 3.05) is 32.2 Å². The smallest absolute Gasteiger partial charge is 0.321 e. The van der Waals surface area contributed by atoms with Gasteiger partial charge in [-0.25, -0.2) is 14.2 Å². The van der Waals surface area contributed by atoms with E-state index in [1.165, 1.54) is 17.4 Å². The summed E-state index contributed by atoms with van der Waals surface area (Å²) in [7, 11) is 1.66. The van der Waals surface area contributed by atoms with E-state index in [9.17, 15) is 9.18 Å². The molecule has 0 spiro atoms. The van der Waals surface area contributed by atoms with Gasteiger partial charge in [0.05, 0.1) is 5.60 Å². The number of rotatable bonds is 6. The summed E-state index contributed by atoms with van der Waals surface area (Å²) < 4.78 is 24.6. The summed E-state index contributed by atoms with van der Waals surface area (Å²) in [6, 6.07) is 4.88. The molecule has 1 fully saturated rings. The van der Waals surface area contributed by atoms with Crippen LogP contribution >= 0.6 is 11.3 Å². The second-order valence-electron chi connectivity index (χ2n) is 6.70. The van der Waals surface area contributed by atoms with Gasteiger partial charge in [-0.2, -0.15) is 0 Å². The molecule has 0 saturated carbocycles. The standard InChI is InChI=1S/C19H24FN3O3S/c1-13-3-4-14(10-16(13)20)9-15-11-21-18(27-15)23-17(24)22-12-19(25-2)5-7-26-8-6-19/h3-4,10-11H,5-9,12H2,1-2H3,(H2,21,22,23,24). The first-order valence-corrected chi connectivity index (χ1v) is 9.69. The van der Waals surface area contributed by atoms with Crippen molar-refractivity contribution < 1.29 is 18.7 Å². The molecule has 0 radical (unpaired) electrons. The molecule has 6 nitrogen and oxygen atoms in total. The van der Waals surface area contributed by atoms with Crippen molar-refractivity contribution in [1.82, 2.24) is 10.3 Å². The number of methoxy groups -OCH3 is 1. The molecule has 146 valence electrons. The van der Waals surface area contributed by atoms with Gasteiger partial charge in [-0.3, -0.25) is 5.32 Å². The zero-order chi connectivity index (χ0) is 19.3. The number of nitrogens with zero attached hydrogens (tertiary/aromatic N) is 1. The lowest BCUT2D eigenvalue weighted by Crippen LogP contribution is -2.49. The SMILES string of the molecule is COC1(CNC(=O)Nc2ncc(Cc3ccc(C)c(F)c3)s2)CCOCC1. The van der Waals surface area contributed by atoms with Crippen LogP contribution in [-0.4, -0.2) is 43.5 Å². The maximum Gasteiger partial charge on any atom is 0.321 e. The van der Waals surface area contributed by atoms with E-state index >= 15 is 0 Å². The van der Waals surface area contributed by atoms with Crippen LogP contribution in [-0.2, 0) is 15.9 Å². The van der Waals surface area contributed by atoms with Gasteiger partial charge in [-0.1, -0.05) is 12.1 Å². The third-order valence-corrected chi connectivity index (χ3v) is 5.71. The van der Waals surface area contributed by atoms with Crippen LogP contribution in [0.2, 0.25) is 0 Å². The Labute approximate surface area is 162 Å². The van der Waals surface area contributed by atoms with Crippen LogP contribution < -0.4 is 10.6 Å². The van der Waals surface area contributed by atoms with Crippen molar-refractivity contribution in [1.29, 1.82) is 0 Å². The van der Waals surface area contributed by atoms with E-state index in [4.69, 9.17) is 9.47 Å². The van der Waals surface area contributed by atoms with E-state index in [2.05, 4.69) is 15.6 Å². The Hall–Kier alpha value is -2.03. The number of aromatic nitrogens is 1. The Morgan fingerprint density at radius 2 is 2.19 bits per heavy atom. The van der Waals surface area contributed by atoms with Gasteiger partial charge in [0.25, 0.3) is 0 Å². The lowest BCUT2D eigenvalue weighted by Gasteiger charge is -2.35. The molecule has 2 N–H and O–H groups in total. The van der Waals surface area contributed by atoms with Crippen molar-refractivity contribution in [2.45, 2.75) is 31.8 Å². The first-order valence-electron chi connectivity index (χ1n) is 8.87. The monoisotopic (exact) mass is 393 g/mol. The number of carbonyl (C=O) groups is 1. The maximum atomic E-state index is 13.7. The minimum atomic E-state index is -0.376.